The predicted octanol–water partition coefficient (Wildman–Crippen LogP) is 8.71. The van der Waals surface area contributed by atoms with Crippen molar-refractivity contribution in [3.05, 3.63) is 34.9 Å². The molecule has 0 N–H and O–H groups in total. The Labute approximate surface area is 199 Å². The summed E-state index contributed by atoms with van der Waals surface area (Å²) in [7, 11) is 0. The van der Waals surface area contributed by atoms with Crippen molar-refractivity contribution in [3.8, 4) is 0 Å². The highest BCUT2D eigenvalue weighted by Gasteiger charge is 2.38. The van der Waals surface area contributed by atoms with Gasteiger partial charge in [0.2, 0.25) is 0 Å². The summed E-state index contributed by atoms with van der Waals surface area (Å²) in [5, 5.41) is 0. The molecule has 0 heterocycles. The Balaban J connectivity index is 1.22. The van der Waals surface area contributed by atoms with E-state index in [2.05, 4.69) is 32.0 Å². The molecule has 180 valence electrons. The summed E-state index contributed by atoms with van der Waals surface area (Å²) < 4.78 is 6.30. The second kappa shape index (κ2) is 12.6. The molecule has 2 saturated carbocycles. The molecule has 5 unspecified atom stereocenters. The minimum Gasteiger partial charge on any atom is -0.378 e. The minimum atomic E-state index is 0.572. The Bertz CT molecular complexity index is 679. The van der Waals surface area contributed by atoms with Crippen molar-refractivity contribution in [2.75, 3.05) is 6.61 Å². The summed E-state index contributed by atoms with van der Waals surface area (Å²) in [6, 6.07) is 7.50. The lowest BCUT2D eigenvalue weighted by atomic mass is 9.62. The first-order valence-corrected chi connectivity index (χ1v) is 14.5. The second-order valence-corrected chi connectivity index (χ2v) is 11.5. The van der Waals surface area contributed by atoms with Gasteiger partial charge in [-0.15, -0.1) is 0 Å². The van der Waals surface area contributed by atoms with Crippen LogP contribution in [0.25, 0.3) is 0 Å². The average molecular weight is 439 g/mol. The van der Waals surface area contributed by atoms with E-state index in [1.54, 1.807) is 16.7 Å². The van der Waals surface area contributed by atoms with Gasteiger partial charge in [0.05, 0.1) is 6.10 Å². The van der Waals surface area contributed by atoms with Crippen LogP contribution in [0.15, 0.2) is 18.2 Å². The van der Waals surface area contributed by atoms with Crippen LogP contribution in [0.3, 0.4) is 0 Å². The second-order valence-electron chi connectivity index (χ2n) is 11.5. The third-order valence-electron chi connectivity index (χ3n) is 9.23. The van der Waals surface area contributed by atoms with Crippen molar-refractivity contribution < 1.29 is 4.74 Å². The molecule has 1 nitrogen and oxygen atoms in total. The molecule has 0 aromatic heterocycles. The van der Waals surface area contributed by atoms with Crippen LogP contribution in [-0.2, 0) is 24.0 Å². The molecule has 0 amide bonds. The summed E-state index contributed by atoms with van der Waals surface area (Å²) in [5.74, 6) is 3.89. The Hall–Kier alpha value is -0.820. The van der Waals surface area contributed by atoms with E-state index in [0.29, 0.717) is 6.10 Å². The van der Waals surface area contributed by atoms with Gasteiger partial charge in [0.1, 0.15) is 0 Å². The monoisotopic (exact) mass is 438 g/mol. The van der Waals surface area contributed by atoms with Gasteiger partial charge < -0.3 is 4.74 Å². The maximum atomic E-state index is 6.30. The highest BCUT2D eigenvalue weighted by molar-refractivity contribution is 5.34. The first-order valence-electron chi connectivity index (χ1n) is 14.5. The zero-order valence-electron chi connectivity index (χ0n) is 21.3. The Kier molecular flexibility index (Phi) is 9.56. The Morgan fingerprint density at radius 3 is 2.31 bits per heavy atom. The molecule has 1 aromatic carbocycles. The molecule has 1 aromatic rings. The van der Waals surface area contributed by atoms with E-state index >= 15 is 0 Å². The summed E-state index contributed by atoms with van der Waals surface area (Å²) in [6.07, 6.45) is 23.9. The quantitative estimate of drug-likeness (QED) is 0.314. The number of unbranched alkanes of at least 4 members (excludes halogenated alkanes) is 5. The summed E-state index contributed by atoms with van der Waals surface area (Å²) in [5.41, 5.74) is 4.95. The SMILES string of the molecule is CCCCCCOC1CCC2CC(C3CCc4cc(CCCCC)ccc4C3)CCC2C1. The van der Waals surface area contributed by atoms with E-state index in [1.807, 2.05) is 0 Å². The van der Waals surface area contributed by atoms with Gasteiger partial charge in [-0.05, 0) is 117 Å². The molecule has 1 heteroatoms. The van der Waals surface area contributed by atoms with Crippen LogP contribution in [0, 0.1) is 23.7 Å². The lowest BCUT2D eigenvalue weighted by Crippen LogP contribution is -2.37. The van der Waals surface area contributed by atoms with Crippen molar-refractivity contribution in [1.82, 2.24) is 0 Å². The molecule has 0 saturated heterocycles. The van der Waals surface area contributed by atoms with Gasteiger partial charge >= 0.3 is 0 Å². The summed E-state index contributed by atoms with van der Waals surface area (Å²) >= 11 is 0. The number of ether oxygens (including phenoxy) is 1. The van der Waals surface area contributed by atoms with Crippen LogP contribution in [0.1, 0.15) is 120 Å². The van der Waals surface area contributed by atoms with Crippen LogP contribution < -0.4 is 0 Å². The largest absolute Gasteiger partial charge is 0.378 e. The normalized spacial score (nSPS) is 30.0. The number of fused-ring (bicyclic) bond motifs is 2. The molecule has 4 rings (SSSR count). The molecule has 32 heavy (non-hydrogen) atoms. The molecule has 2 fully saturated rings. The zero-order valence-corrected chi connectivity index (χ0v) is 21.3. The first-order chi connectivity index (χ1) is 15.8. The van der Waals surface area contributed by atoms with E-state index in [1.165, 1.54) is 109 Å². The molecule has 3 aliphatic carbocycles. The Morgan fingerprint density at radius 2 is 1.47 bits per heavy atom. The van der Waals surface area contributed by atoms with Gasteiger partial charge in [0.25, 0.3) is 0 Å². The summed E-state index contributed by atoms with van der Waals surface area (Å²) in [4.78, 5) is 0. The third-order valence-corrected chi connectivity index (χ3v) is 9.23. The topological polar surface area (TPSA) is 9.23 Å². The van der Waals surface area contributed by atoms with Crippen molar-refractivity contribution >= 4 is 0 Å². The molecule has 0 radical (unpaired) electrons. The van der Waals surface area contributed by atoms with Crippen molar-refractivity contribution in [2.24, 2.45) is 23.7 Å². The molecule has 0 spiro atoms. The van der Waals surface area contributed by atoms with Gasteiger partial charge in [0.15, 0.2) is 0 Å². The maximum absolute atomic E-state index is 6.30. The van der Waals surface area contributed by atoms with E-state index in [-0.39, 0.29) is 0 Å². The fraction of sp³-hybridized carbons (Fsp3) is 0.806. The van der Waals surface area contributed by atoms with E-state index < -0.39 is 0 Å². The lowest BCUT2D eigenvalue weighted by Gasteiger charge is -2.45. The van der Waals surface area contributed by atoms with Gasteiger partial charge in [-0.3, -0.25) is 0 Å². The standard InChI is InChI=1S/C31H50O/c1-3-5-7-9-19-32-31-18-17-29-22-28(15-16-30(29)23-31)27-14-13-25-20-24(10-8-6-4-2)11-12-26(25)21-27/h11-12,20,27-31H,3-10,13-19,21-23H2,1-2H3. The van der Waals surface area contributed by atoms with Crippen molar-refractivity contribution in [2.45, 2.75) is 129 Å². The van der Waals surface area contributed by atoms with Crippen LogP contribution in [0.2, 0.25) is 0 Å². The van der Waals surface area contributed by atoms with Crippen LogP contribution in [0.4, 0.5) is 0 Å². The highest BCUT2D eigenvalue weighted by Crippen LogP contribution is 2.47. The predicted molar refractivity (Wildman–Crippen MR) is 137 cm³/mol. The Morgan fingerprint density at radius 1 is 0.719 bits per heavy atom. The molecular formula is C31H50O. The van der Waals surface area contributed by atoms with Gasteiger partial charge in [-0.1, -0.05) is 64.2 Å². The highest BCUT2D eigenvalue weighted by atomic mass is 16.5. The van der Waals surface area contributed by atoms with Crippen LogP contribution >= 0.6 is 0 Å². The fourth-order valence-corrected chi connectivity index (χ4v) is 7.21. The summed E-state index contributed by atoms with van der Waals surface area (Å²) in [6.45, 7) is 5.60. The average Bonchev–Trinajstić information content (AvgIpc) is 2.83. The lowest BCUT2D eigenvalue weighted by molar-refractivity contribution is -0.0250. The van der Waals surface area contributed by atoms with E-state index in [9.17, 15) is 0 Å². The van der Waals surface area contributed by atoms with Crippen molar-refractivity contribution in [3.63, 3.8) is 0 Å². The van der Waals surface area contributed by atoms with E-state index in [0.717, 1.165) is 30.3 Å². The number of rotatable bonds is 11. The fourth-order valence-electron chi connectivity index (χ4n) is 7.21. The number of hydrogen-bond donors (Lipinski definition) is 0. The van der Waals surface area contributed by atoms with Gasteiger partial charge in [0, 0.05) is 6.61 Å². The molecule has 0 bridgehead atoms. The smallest absolute Gasteiger partial charge is 0.0578 e. The van der Waals surface area contributed by atoms with Crippen LogP contribution in [-0.4, -0.2) is 12.7 Å². The van der Waals surface area contributed by atoms with Gasteiger partial charge in [-0.25, -0.2) is 0 Å². The third kappa shape index (κ3) is 6.62. The number of benzene rings is 1. The molecular weight excluding hydrogens is 388 g/mol. The van der Waals surface area contributed by atoms with Gasteiger partial charge in [-0.2, -0.15) is 0 Å². The zero-order chi connectivity index (χ0) is 22.2. The number of aryl methyl sites for hydroxylation is 2. The van der Waals surface area contributed by atoms with Crippen LogP contribution in [0.5, 0.6) is 0 Å². The molecule has 3 aliphatic rings. The first kappa shape index (κ1) is 24.3. The number of hydrogen-bond acceptors (Lipinski definition) is 1. The molecule has 5 atom stereocenters. The van der Waals surface area contributed by atoms with E-state index in [4.69, 9.17) is 4.74 Å². The molecule has 0 aliphatic heterocycles. The van der Waals surface area contributed by atoms with Crippen molar-refractivity contribution in [1.29, 1.82) is 0 Å². The minimum absolute atomic E-state index is 0.572. The maximum Gasteiger partial charge on any atom is 0.0578 e.